The number of hydrogen-bond acceptors (Lipinski definition) is 7. The van der Waals surface area contributed by atoms with Gasteiger partial charge in [-0.3, -0.25) is 0 Å². The molecule has 0 fully saturated rings. The average Bonchev–Trinajstić information content (AvgIpc) is 3.07. The molecule has 0 unspecified atom stereocenters. The minimum absolute atomic E-state index is 0.470. The van der Waals surface area contributed by atoms with E-state index in [4.69, 9.17) is 4.42 Å². The number of nitrogens with one attached hydrogen (secondary N) is 2. The van der Waals surface area contributed by atoms with Crippen LogP contribution in [-0.4, -0.2) is 24.3 Å². The number of anilines is 1. The molecular weight excluding hydrogens is 292 g/mol. The summed E-state index contributed by atoms with van der Waals surface area (Å²) in [7, 11) is 3.45. The third kappa shape index (κ3) is 3.41. The monoisotopic (exact) mass is 308 g/mol. The molecule has 1 aromatic heterocycles. The van der Waals surface area contributed by atoms with Gasteiger partial charge in [0, 0.05) is 30.9 Å². The van der Waals surface area contributed by atoms with E-state index in [9.17, 15) is 0 Å². The number of aromatic nitrogens is 2. The van der Waals surface area contributed by atoms with E-state index < -0.39 is 0 Å². The highest BCUT2D eigenvalue weighted by molar-refractivity contribution is 5.61. The zero-order chi connectivity index (χ0) is 16.1. The van der Waals surface area contributed by atoms with Crippen molar-refractivity contribution in [3.8, 4) is 22.9 Å². The van der Waals surface area contributed by atoms with E-state index in [0.717, 1.165) is 22.5 Å². The first-order chi connectivity index (χ1) is 11.3. The molecule has 116 valence electrons. The van der Waals surface area contributed by atoms with E-state index in [1.165, 1.54) is 0 Å². The van der Waals surface area contributed by atoms with Crippen molar-refractivity contribution in [2.45, 2.75) is 0 Å². The maximum Gasteiger partial charge on any atom is 0.248 e. The molecule has 0 aliphatic carbocycles. The average molecular weight is 308 g/mol. The molecule has 0 amide bonds. The van der Waals surface area contributed by atoms with Crippen LogP contribution in [0.5, 0.6) is 0 Å². The molecule has 2 N–H and O–H groups in total. The minimum Gasteiger partial charge on any atom is -0.416 e. The molecule has 23 heavy (non-hydrogen) atoms. The van der Waals surface area contributed by atoms with Crippen LogP contribution in [0.2, 0.25) is 0 Å². The molecule has 0 radical (unpaired) electrons. The van der Waals surface area contributed by atoms with Gasteiger partial charge in [-0.15, -0.1) is 10.2 Å². The number of nitrogens with zero attached hydrogens (tertiary/aromatic N) is 4. The highest BCUT2D eigenvalue weighted by Crippen LogP contribution is 2.26. The molecule has 0 spiro atoms. The van der Waals surface area contributed by atoms with Gasteiger partial charge in [-0.05, 0) is 48.5 Å². The van der Waals surface area contributed by atoms with Crippen LogP contribution in [0.4, 0.5) is 11.4 Å². The van der Waals surface area contributed by atoms with Gasteiger partial charge >= 0.3 is 0 Å². The number of hydrazine groups is 1. The molecule has 0 saturated carbocycles. The molecule has 0 atom stereocenters. The Labute approximate surface area is 133 Å². The molecule has 0 saturated heterocycles. The molecule has 0 aliphatic rings. The Morgan fingerprint density at radius 3 is 1.96 bits per heavy atom. The van der Waals surface area contributed by atoms with Crippen LogP contribution in [0.25, 0.3) is 22.9 Å². The Hall–Kier alpha value is -3.06. The summed E-state index contributed by atoms with van der Waals surface area (Å²) in [6.45, 7) is 0. The summed E-state index contributed by atoms with van der Waals surface area (Å²) in [5, 5.41) is 15.9. The molecular formula is C16H16N6O. The van der Waals surface area contributed by atoms with Crippen LogP contribution in [0, 0.1) is 0 Å². The molecule has 3 aromatic rings. The zero-order valence-corrected chi connectivity index (χ0v) is 12.8. The van der Waals surface area contributed by atoms with Crippen molar-refractivity contribution in [2.24, 2.45) is 10.2 Å². The zero-order valence-electron chi connectivity index (χ0n) is 12.8. The van der Waals surface area contributed by atoms with Gasteiger partial charge in [0.05, 0.1) is 5.69 Å². The van der Waals surface area contributed by atoms with Gasteiger partial charge < -0.3 is 9.84 Å². The Morgan fingerprint density at radius 2 is 1.43 bits per heavy atom. The number of benzene rings is 2. The molecule has 7 heteroatoms. The Morgan fingerprint density at radius 1 is 0.870 bits per heavy atom. The standard InChI is InChI=1S/C16H16N6O/c1-17-19-13-7-3-11(4-8-13)15-21-22-16(23-15)12-5-9-14(10-6-12)20-18-2/h3-10,17,19H,1-2H3. The maximum absolute atomic E-state index is 5.74. The van der Waals surface area contributed by atoms with Crippen molar-refractivity contribution < 1.29 is 4.42 Å². The second-order valence-corrected chi connectivity index (χ2v) is 4.71. The summed E-state index contributed by atoms with van der Waals surface area (Å²) in [6, 6.07) is 15.2. The normalized spacial score (nSPS) is 11.0. The van der Waals surface area contributed by atoms with E-state index in [-0.39, 0.29) is 0 Å². The summed E-state index contributed by atoms with van der Waals surface area (Å²) in [5.41, 5.74) is 9.31. The third-order valence-electron chi connectivity index (χ3n) is 3.16. The van der Waals surface area contributed by atoms with Crippen LogP contribution in [0.3, 0.4) is 0 Å². The second-order valence-electron chi connectivity index (χ2n) is 4.71. The van der Waals surface area contributed by atoms with Crippen molar-refractivity contribution >= 4 is 11.4 Å². The molecule has 3 rings (SSSR count). The Bertz CT molecular complexity index is 792. The van der Waals surface area contributed by atoms with Crippen molar-refractivity contribution in [1.29, 1.82) is 0 Å². The molecule has 0 bridgehead atoms. The Balaban J connectivity index is 1.82. The van der Waals surface area contributed by atoms with Gasteiger partial charge in [-0.1, -0.05) is 0 Å². The first kappa shape index (κ1) is 14.9. The van der Waals surface area contributed by atoms with Gasteiger partial charge in [0.15, 0.2) is 0 Å². The molecule has 7 nitrogen and oxygen atoms in total. The van der Waals surface area contributed by atoms with Crippen LogP contribution < -0.4 is 10.9 Å². The van der Waals surface area contributed by atoms with Gasteiger partial charge in [0.2, 0.25) is 11.8 Å². The van der Waals surface area contributed by atoms with E-state index in [1.54, 1.807) is 7.05 Å². The SMILES string of the molecule is CN=Nc1ccc(-c2nnc(-c3ccc(NNC)cc3)o2)cc1. The van der Waals surface area contributed by atoms with Crippen molar-refractivity contribution in [3.05, 3.63) is 48.5 Å². The lowest BCUT2D eigenvalue weighted by Gasteiger charge is -2.03. The van der Waals surface area contributed by atoms with E-state index in [1.807, 2.05) is 55.6 Å². The third-order valence-corrected chi connectivity index (χ3v) is 3.16. The van der Waals surface area contributed by atoms with Crippen LogP contribution in [-0.2, 0) is 0 Å². The highest BCUT2D eigenvalue weighted by Gasteiger charge is 2.10. The molecule has 0 aliphatic heterocycles. The fourth-order valence-corrected chi connectivity index (χ4v) is 2.08. The lowest BCUT2D eigenvalue weighted by molar-refractivity contribution is 0.584. The smallest absolute Gasteiger partial charge is 0.248 e. The number of azo groups is 1. The lowest BCUT2D eigenvalue weighted by atomic mass is 10.2. The van der Waals surface area contributed by atoms with E-state index >= 15 is 0 Å². The topological polar surface area (TPSA) is 87.7 Å². The van der Waals surface area contributed by atoms with Gasteiger partial charge in [0.25, 0.3) is 0 Å². The van der Waals surface area contributed by atoms with Gasteiger partial charge in [-0.2, -0.15) is 10.2 Å². The molecule has 2 aromatic carbocycles. The maximum atomic E-state index is 5.74. The summed E-state index contributed by atoms with van der Waals surface area (Å²) < 4.78 is 5.74. The van der Waals surface area contributed by atoms with Crippen molar-refractivity contribution in [1.82, 2.24) is 15.6 Å². The summed E-state index contributed by atoms with van der Waals surface area (Å²) >= 11 is 0. The lowest BCUT2D eigenvalue weighted by Crippen LogP contribution is -2.14. The van der Waals surface area contributed by atoms with Gasteiger partial charge in [0.1, 0.15) is 0 Å². The fraction of sp³-hybridized carbons (Fsp3) is 0.125. The number of hydrogen-bond donors (Lipinski definition) is 2. The minimum atomic E-state index is 0.470. The molecule has 1 heterocycles. The quantitative estimate of drug-likeness (QED) is 0.554. The summed E-state index contributed by atoms with van der Waals surface area (Å²) in [4.78, 5) is 0. The summed E-state index contributed by atoms with van der Waals surface area (Å²) in [6.07, 6.45) is 0. The highest BCUT2D eigenvalue weighted by atomic mass is 16.4. The van der Waals surface area contributed by atoms with Crippen molar-refractivity contribution in [3.63, 3.8) is 0 Å². The predicted molar refractivity (Wildman–Crippen MR) is 88.3 cm³/mol. The van der Waals surface area contributed by atoms with E-state index in [0.29, 0.717) is 11.8 Å². The number of rotatable bonds is 5. The second kappa shape index (κ2) is 6.80. The van der Waals surface area contributed by atoms with Crippen LogP contribution >= 0.6 is 0 Å². The Kier molecular flexibility index (Phi) is 4.39. The van der Waals surface area contributed by atoms with Crippen molar-refractivity contribution in [2.75, 3.05) is 19.5 Å². The first-order valence-corrected chi connectivity index (χ1v) is 7.07. The van der Waals surface area contributed by atoms with Crippen LogP contribution in [0.1, 0.15) is 0 Å². The van der Waals surface area contributed by atoms with Crippen LogP contribution in [0.15, 0.2) is 63.2 Å². The largest absolute Gasteiger partial charge is 0.416 e. The first-order valence-electron chi connectivity index (χ1n) is 7.07. The fourth-order valence-electron chi connectivity index (χ4n) is 2.08. The van der Waals surface area contributed by atoms with Gasteiger partial charge in [-0.25, -0.2) is 5.43 Å². The summed E-state index contributed by atoms with van der Waals surface area (Å²) in [5.74, 6) is 0.950. The van der Waals surface area contributed by atoms with E-state index in [2.05, 4.69) is 31.3 Å². The predicted octanol–water partition coefficient (Wildman–Crippen LogP) is 3.66.